The summed E-state index contributed by atoms with van der Waals surface area (Å²) in [5, 5.41) is 11.8. The Bertz CT molecular complexity index is 514. The maximum Gasteiger partial charge on any atom is 0.348 e. The van der Waals surface area contributed by atoms with E-state index in [1.807, 2.05) is 6.07 Å². The summed E-state index contributed by atoms with van der Waals surface area (Å²) in [6.07, 6.45) is 2.81. The molecule has 0 aliphatic heterocycles. The number of esters is 1. The van der Waals surface area contributed by atoms with Gasteiger partial charge in [0.05, 0.1) is 17.7 Å². The normalized spacial score (nSPS) is 13.6. The third-order valence-electron chi connectivity index (χ3n) is 2.67. The number of nitrogens with one attached hydrogen (secondary N) is 1. The molecule has 0 aromatic carbocycles. The third-order valence-corrected chi connectivity index (χ3v) is 3.65. The summed E-state index contributed by atoms with van der Waals surface area (Å²) in [4.78, 5) is 23.7. The van der Waals surface area contributed by atoms with Crippen LogP contribution in [0.15, 0.2) is 12.1 Å². The second-order valence-electron chi connectivity index (χ2n) is 4.33. The lowest BCUT2D eigenvalue weighted by atomic mass is 10.3. The van der Waals surface area contributed by atoms with Crippen molar-refractivity contribution in [3.63, 3.8) is 0 Å². The van der Waals surface area contributed by atoms with Gasteiger partial charge in [-0.15, -0.1) is 11.3 Å². The molecule has 1 heterocycles. The Balaban J connectivity index is 1.80. The van der Waals surface area contributed by atoms with Crippen LogP contribution in [-0.4, -0.2) is 18.5 Å². The predicted molar refractivity (Wildman–Crippen MR) is 70.8 cm³/mol. The molecule has 0 atom stereocenters. The van der Waals surface area contributed by atoms with E-state index in [1.54, 1.807) is 12.1 Å². The van der Waals surface area contributed by atoms with Crippen LogP contribution in [0.2, 0.25) is 0 Å². The quantitative estimate of drug-likeness (QED) is 0.640. The molecule has 0 radical (unpaired) electrons. The molecule has 6 heteroatoms. The minimum absolute atomic E-state index is 0.0239. The van der Waals surface area contributed by atoms with Gasteiger partial charge in [-0.1, -0.05) is 0 Å². The van der Waals surface area contributed by atoms with Crippen molar-refractivity contribution in [2.75, 3.05) is 11.9 Å². The molecule has 1 saturated carbocycles. The number of hydrogen-bond acceptors (Lipinski definition) is 5. The Morgan fingerprint density at radius 3 is 2.95 bits per heavy atom. The van der Waals surface area contributed by atoms with Gasteiger partial charge >= 0.3 is 5.97 Å². The summed E-state index contributed by atoms with van der Waals surface area (Å²) in [5.74, 6) is -0.242. The van der Waals surface area contributed by atoms with Gasteiger partial charge in [0.25, 0.3) is 0 Å². The van der Waals surface area contributed by atoms with Crippen LogP contribution in [0, 0.1) is 17.2 Å². The molecule has 0 unspecified atom stereocenters. The van der Waals surface area contributed by atoms with Crippen molar-refractivity contribution in [3.05, 3.63) is 17.0 Å². The van der Waals surface area contributed by atoms with Crippen molar-refractivity contribution >= 4 is 28.2 Å². The third kappa shape index (κ3) is 4.07. The van der Waals surface area contributed by atoms with E-state index in [0.717, 1.165) is 12.8 Å². The van der Waals surface area contributed by atoms with Gasteiger partial charge in [0.1, 0.15) is 4.88 Å². The first-order chi connectivity index (χ1) is 9.20. The zero-order chi connectivity index (χ0) is 13.7. The summed E-state index contributed by atoms with van der Waals surface area (Å²) in [5.41, 5.74) is 0. The number of rotatable bonds is 6. The fourth-order valence-corrected chi connectivity index (χ4v) is 2.27. The molecule has 2 rings (SSSR count). The molecule has 1 aromatic heterocycles. The van der Waals surface area contributed by atoms with Crippen molar-refractivity contribution in [2.24, 2.45) is 5.92 Å². The molecule has 1 aliphatic rings. The van der Waals surface area contributed by atoms with Gasteiger partial charge in [-0.2, -0.15) is 5.26 Å². The van der Waals surface area contributed by atoms with Crippen LogP contribution in [-0.2, 0) is 9.53 Å². The molecule has 0 spiro atoms. The summed E-state index contributed by atoms with van der Waals surface area (Å²) in [6, 6.07) is 5.33. The Kier molecular flexibility index (Phi) is 4.53. The van der Waals surface area contributed by atoms with Crippen LogP contribution in [0.3, 0.4) is 0 Å². The average molecular weight is 278 g/mol. The molecule has 5 nitrogen and oxygen atoms in total. The van der Waals surface area contributed by atoms with Gasteiger partial charge < -0.3 is 10.1 Å². The van der Waals surface area contributed by atoms with Gasteiger partial charge in [0, 0.05) is 12.3 Å². The van der Waals surface area contributed by atoms with E-state index in [0.29, 0.717) is 22.7 Å². The Labute approximate surface area is 115 Å². The number of amides is 1. The van der Waals surface area contributed by atoms with E-state index in [2.05, 4.69) is 5.32 Å². The van der Waals surface area contributed by atoms with Gasteiger partial charge in [-0.3, -0.25) is 4.79 Å². The first-order valence-corrected chi connectivity index (χ1v) is 6.97. The fraction of sp³-hybridized carbons (Fsp3) is 0.462. The highest BCUT2D eigenvalue weighted by Gasteiger charge is 2.29. The Hall–Kier alpha value is -1.87. The maximum atomic E-state index is 11.6. The SMILES string of the molecule is N#CCCCOC(=O)c1ccc(NC(=O)C2CC2)s1. The lowest BCUT2D eigenvalue weighted by molar-refractivity contribution is -0.117. The van der Waals surface area contributed by atoms with Crippen LogP contribution >= 0.6 is 11.3 Å². The Morgan fingerprint density at radius 2 is 2.26 bits per heavy atom. The smallest absolute Gasteiger partial charge is 0.348 e. The van der Waals surface area contributed by atoms with Crippen LogP contribution < -0.4 is 5.32 Å². The maximum absolute atomic E-state index is 11.6. The number of hydrogen-bond donors (Lipinski definition) is 1. The van der Waals surface area contributed by atoms with Crippen molar-refractivity contribution < 1.29 is 14.3 Å². The highest BCUT2D eigenvalue weighted by Crippen LogP contribution is 2.31. The Morgan fingerprint density at radius 1 is 1.47 bits per heavy atom. The van der Waals surface area contributed by atoms with Crippen LogP contribution in [0.5, 0.6) is 0 Å². The second-order valence-corrected chi connectivity index (χ2v) is 5.41. The lowest BCUT2D eigenvalue weighted by Crippen LogP contribution is -2.12. The monoisotopic (exact) mass is 278 g/mol. The largest absolute Gasteiger partial charge is 0.461 e. The van der Waals surface area contributed by atoms with E-state index in [4.69, 9.17) is 10.00 Å². The topological polar surface area (TPSA) is 79.2 Å². The first kappa shape index (κ1) is 13.6. The van der Waals surface area contributed by atoms with Crippen molar-refractivity contribution in [3.8, 4) is 6.07 Å². The number of nitrogens with zero attached hydrogens (tertiary/aromatic N) is 1. The van der Waals surface area contributed by atoms with Crippen LogP contribution in [0.1, 0.15) is 35.4 Å². The van der Waals surface area contributed by atoms with Gasteiger partial charge in [0.2, 0.25) is 5.91 Å². The minimum Gasteiger partial charge on any atom is -0.461 e. The van der Waals surface area contributed by atoms with Crippen LogP contribution in [0.4, 0.5) is 5.00 Å². The number of carbonyl (C=O) groups is 2. The summed E-state index contributed by atoms with van der Waals surface area (Å²) in [7, 11) is 0. The molecule has 19 heavy (non-hydrogen) atoms. The number of nitriles is 1. The minimum atomic E-state index is -0.408. The second kappa shape index (κ2) is 6.34. The lowest BCUT2D eigenvalue weighted by Gasteiger charge is -2.01. The van der Waals surface area contributed by atoms with E-state index >= 15 is 0 Å². The number of thiophene rings is 1. The zero-order valence-corrected chi connectivity index (χ0v) is 11.2. The first-order valence-electron chi connectivity index (χ1n) is 6.15. The molecule has 1 N–H and O–H groups in total. The molecule has 1 aromatic rings. The highest BCUT2D eigenvalue weighted by atomic mass is 32.1. The van der Waals surface area contributed by atoms with Crippen LogP contribution in [0.25, 0.3) is 0 Å². The van der Waals surface area contributed by atoms with Crippen molar-refractivity contribution in [1.29, 1.82) is 5.26 Å². The van der Waals surface area contributed by atoms with E-state index in [1.165, 1.54) is 11.3 Å². The number of unbranched alkanes of at least 4 members (excludes halogenated alkanes) is 1. The molecule has 0 bridgehead atoms. The molecular formula is C13H14N2O3S. The van der Waals surface area contributed by atoms with E-state index in [9.17, 15) is 9.59 Å². The fourth-order valence-electron chi connectivity index (χ4n) is 1.47. The summed E-state index contributed by atoms with van der Waals surface area (Å²) in [6.45, 7) is 0.244. The summed E-state index contributed by atoms with van der Waals surface area (Å²) >= 11 is 1.21. The van der Waals surface area contributed by atoms with Gasteiger partial charge in [-0.05, 0) is 31.4 Å². The highest BCUT2D eigenvalue weighted by molar-refractivity contribution is 7.18. The predicted octanol–water partition coefficient (Wildman–Crippen LogP) is 2.56. The molecule has 100 valence electrons. The average Bonchev–Trinajstić information content (AvgIpc) is 3.15. The molecular weight excluding hydrogens is 264 g/mol. The van der Waals surface area contributed by atoms with Gasteiger partial charge in [-0.25, -0.2) is 4.79 Å². The zero-order valence-electron chi connectivity index (χ0n) is 10.3. The van der Waals surface area contributed by atoms with Crippen molar-refractivity contribution in [1.82, 2.24) is 0 Å². The number of ether oxygens (including phenoxy) is 1. The molecule has 1 aliphatic carbocycles. The van der Waals surface area contributed by atoms with Gasteiger partial charge in [0.15, 0.2) is 0 Å². The van der Waals surface area contributed by atoms with Crippen molar-refractivity contribution in [2.45, 2.75) is 25.7 Å². The number of carbonyl (C=O) groups excluding carboxylic acids is 2. The van der Waals surface area contributed by atoms with E-state index in [-0.39, 0.29) is 18.4 Å². The number of anilines is 1. The molecule has 0 saturated heterocycles. The molecule has 1 fully saturated rings. The molecule has 1 amide bonds. The summed E-state index contributed by atoms with van der Waals surface area (Å²) < 4.78 is 5.02. The standard InChI is InChI=1S/C13H14N2O3S/c14-7-1-2-8-18-13(17)10-5-6-11(19-10)15-12(16)9-3-4-9/h5-6,9H,1-4,8H2,(H,15,16). The van der Waals surface area contributed by atoms with E-state index < -0.39 is 5.97 Å².